The zero-order valence-corrected chi connectivity index (χ0v) is 13.7. The Bertz CT molecular complexity index is 882. The van der Waals surface area contributed by atoms with E-state index in [0.29, 0.717) is 11.3 Å². The molecule has 0 radical (unpaired) electrons. The SMILES string of the molecule is O=C1C2ON=C(c3ccc(Br)cc3)C2C(=O)N1c1cccc(F)c1. The van der Waals surface area contributed by atoms with Gasteiger partial charge in [0.1, 0.15) is 17.4 Å². The topological polar surface area (TPSA) is 59.0 Å². The number of hydrogen-bond donors (Lipinski definition) is 0. The predicted molar refractivity (Wildman–Crippen MR) is 87.9 cm³/mol. The van der Waals surface area contributed by atoms with Gasteiger partial charge in [0.15, 0.2) is 0 Å². The van der Waals surface area contributed by atoms with E-state index < -0.39 is 29.7 Å². The van der Waals surface area contributed by atoms with Crippen LogP contribution in [0.2, 0.25) is 0 Å². The number of nitrogens with zero attached hydrogens (tertiary/aromatic N) is 2. The predicted octanol–water partition coefficient (Wildman–Crippen LogP) is 2.88. The van der Waals surface area contributed by atoms with Gasteiger partial charge in [0.05, 0.1) is 5.69 Å². The largest absolute Gasteiger partial charge is 0.381 e. The number of hydrogen-bond acceptors (Lipinski definition) is 4. The lowest BCUT2D eigenvalue weighted by atomic mass is 9.94. The molecule has 2 aliphatic heterocycles. The minimum atomic E-state index is -1.00. The van der Waals surface area contributed by atoms with Crippen molar-refractivity contribution < 1.29 is 18.8 Å². The van der Waals surface area contributed by atoms with Crippen molar-refractivity contribution in [2.45, 2.75) is 6.10 Å². The van der Waals surface area contributed by atoms with Gasteiger partial charge in [0.25, 0.3) is 5.91 Å². The zero-order chi connectivity index (χ0) is 16.8. The van der Waals surface area contributed by atoms with Crippen LogP contribution in [0.3, 0.4) is 0 Å². The minimum Gasteiger partial charge on any atom is -0.381 e. The van der Waals surface area contributed by atoms with Crippen LogP contribution < -0.4 is 4.90 Å². The van der Waals surface area contributed by atoms with Gasteiger partial charge in [-0.2, -0.15) is 0 Å². The van der Waals surface area contributed by atoms with Crippen molar-refractivity contribution in [3.8, 4) is 0 Å². The fraction of sp³-hybridized carbons (Fsp3) is 0.118. The van der Waals surface area contributed by atoms with Gasteiger partial charge in [-0.05, 0) is 30.3 Å². The first-order chi connectivity index (χ1) is 11.6. The molecule has 0 bridgehead atoms. The smallest absolute Gasteiger partial charge is 0.278 e. The van der Waals surface area contributed by atoms with E-state index in [2.05, 4.69) is 21.1 Å². The highest BCUT2D eigenvalue weighted by molar-refractivity contribution is 9.10. The first kappa shape index (κ1) is 15.0. The van der Waals surface area contributed by atoms with Crippen molar-refractivity contribution in [1.29, 1.82) is 0 Å². The number of carbonyl (C=O) groups excluding carboxylic acids is 2. The second-order valence-corrected chi connectivity index (χ2v) is 6.39. The van der Waals surface area contributed by atoms with Gasteiger partial charge in [0.2, 0.25) is 12.0 Å². The summed E-state index contributed by atoms with van der Waals surface area (Å²) in [6.45, 7) is 0. The molecule has 0 spiro atoms. The average molecular weight is 389 g/mol. The Balaban J connectivity index is 1.71. The Labute approximate surface area is 144 Å². The van der Waals surface area contributed by atoms with Crippen LogP contribution in [-0.2, 0) is 14.4 Å². The molecule has 2 aromatic rings. The van der Waals surface area contributed by atoms with Crippen LogP contribution in [0.4, 0.5) is 10.1 Å². The van der Waals surface area contributed by atoms with E-state index >= 15 is 0 Å². The lowest BCUT2D eigenvalue weighted by Crippen LogP contribution is -2.33. The highest BCUT2D eigenvalue weighted by atomic mass is 79.9. The normalized spacial score (nSPS) is 22.4. The number of rotatable bonds is 2. The maximum Gasteiger partial charge on any atom is 0.278 e. The fourth-order valence-electron chi connectivity index (χ4n) is 2.91. The molecule has 2 aromatic carbocycles. The van der Waals surface area contributed by atoms with E-state index in [4.69, 9.17) is 4.84 Å². The van der Waals surface area contributed by atoms with Crippen LogP contribution in [0.15, 0.2) is 58.2 Å². The Kier molecular flexibility index (Phi) is 3.45. The van der Waals surface area contributed by atoms with Crippen LogP contribution in [0.25, 0.3) is 0 Å². The molecule has 2 atom stereocenters. The second kappa shape index (κ2) is 5.52. The van der Waals surface area contributed by atoms with E-state index in [0.717, 1.165) is 15.4 Å². The fourth-order valence-corrected chi connectivity index (χ4v) is 3.17. The van der Waals surface area contributed by atoms with Gasteiger partial charge in [-0.1, -0.05) is 39.3 Å². The lowest BCUT2D eigenvalue weighted by Gasteiger charge is -2.15. The Hall–Kier alpha value is -2.54. The van der Waals surface area contributed by atoms with Crippen LogP contribution in [0.1, 0.15) is 5.56 Å². The van der Waals surface area contributed by atoms with Crippen LogP contribution in [0.5, 0.6) is 0 Å². The molecule has 0 saturated carbocycles. The summed E-state index contributed by atoms with van der Waals surface area (Å²) in [6, 6.07) is 12.6. The third-order valence-electron chi connectivity index (χ3n) is 4.02. The van der Waals surface area contributed by atoms with Crippen molar-refractivity contribution in [2.75, 3.05) is 4.90 Å². The molecule has 24 heavy (non-hydrogen) atoms. The minimum absolute atomic E-state index is 0.193. The maximum absolute atomic E-state index is 13.4. The molecule has 0 aromatic heterocycles. The van der Waals surface area contributed by atoms with E-state index in [1.165, 1.54) is 18.2 Å². The van der Waals surface area contributed by atoms with Crippen LogP contribution in [0, 0.1) is 11.7 Å². The summed E-state index contributed by atoms with van der Waals surface area (Å²) in [7, 11) is 0. The number of imide groups is 1. The molecule has 1 saturated heterocycles. The van der Waals surface area contributed by atoms with Crippen molar-refractivity contribution in [2.24, 2.45) is 11.1 Å². The van der Waals surface area contributed by atoms with E-state index in [9.17, 15) is 14.0 Å². The van der Waals surface area contributed by atoms with Gasteiger partial charge in [-0.3, -0.25) is 9.59 Å². The summed E-state index contributed by atoms with van der Waals surface area (Å²) in [6.07, 6.45) is -1.00. The number of oxime groups is 1. The molecular formula is C17H10BrFN2O3. The van der Waals surface area contributed by atoms with Crippen LogP contribution >= 0.6 is 15.9 Å². The molecule has 2 aliphatic rings. The number of fused-ring (bicyclic) bond motifs is 1. The van der Waals surface area contributed by atoms with Gasteiger partial charge in [-0.25, -0.2) is 9.29 Å². The number of benzene rings is 2. The molecule has 0 aliphatic carbocycles. The molecule has 1 fully saturated rings. The first-order valence-corrected chi connectivity index (χ1v) is 7.98. The molecule has 5 nitrogen and oxygen atoms in total. The summed E-state index contributed by atoms with van der Waals surface area (Å²) in [5.74, 6) is -2.34. The molecular weight excluding hydrogens is 379 g/mol. The van der Waals surface area contributed by atoms with Crippen molar-refractivity contribution in [3.63, 3.8) is 0 Å². The van der Waals surface area contributed by atoms with E-state index in [1.54, 1.807) is 12.1 Å². The molecule has 2 heterocycles. The standard InChI is InChI=1S/C17H10BrFN2O3/c18-10-6-4-9(5-7-10)14-13-15(24-20-14)17(23)21(16(13)22)12-3-1-2-11(19)8-12/h1-8,13,15H. The van der Waals surface area contributed by atoms with Crippen molar-refractivity contribution in [3.05, 3.63) is 64.4 Å². The van der Waals surface area contributed by atoms with E-state index in [-0.39, 0.29) is 5.69 Å². The number of anilines is 1. The zero-order valence-electron chi connectivity index (χ0n) is 12.1. The Morgan fingerprint density at radius 3 is 2.54 bits per heavy atom. The highest BCUT2D eigenvalue weighted by Crippen LogP contribution is 2.35. The van der Waals surface area contributed by atoms with Gasteiger partial charge < -0.3 is 4.84 Å². The molecule has 2 unspecified atom stereocenters. The Morgan fingerprint density at radius 1 is 1.08 bits per heavy atom. The summed E-state index contributed by atoms with van der Waals surface area (Å²) >= 11 is 3.34. The quantitative estimate of drug-likeness (QED) is 0.743. The summed E-state index contributed by atoms with van der Waals surface area (Å²) in [4.78, 5) is 31.5. The van der Waals surface area contributed by atoms with Crippen LogP contribution in [-0.4, -0.2) is 23.6 Å². The van der Waals surface area contributed by atoms with Gasteiger partial charge in [0, 0.05) is 10.0 Å². The van der Waals surface area contributed by atoms with Gasteiger partial charge >= 0.3 is 0 Å². The summed E-state index contributed by atoms with van der Waals surface area (Å²) in [5, 5.41) is 3.93. The molecule has 4 rings (SSSR count). The van der Waals surface area contributed by atoms with Crippen molar-refractivity contribution in [1.82, 2.24) is 0 Å². The van der Waals surface area contributed by atoms with Gasteiger partial charge in [-0.15, -0.1) is 0 Å². The highest BCUT2D eigenvalue weighted by Gasteiger charge is 2.56. The lowest BCUT2D eigenvalue weighted by molar-refractivity contribution is -0.126. The number of carbonyl (C=O) groups is 2. The maximum atomic E-state index is 13.4. The third-order valence-corrected chi connectivity index (χ3v) is 4.55. The Morgan fingerprint density at radius 2 is 1.83 bits per heavy atom. The monoisotopic (exact) mass is 388 g/mol. The molecule has 7 heteroatoms. The molecule has 2 amide bonds. The second-order valence-electron chi connectivity index (χ2n) is 5.48. The number of amides is 2. The average Bonchev–Trinajstić information content (AvgIpc) is 3.09. The third kappa shape index (κ3) is 2.24. The van der Waals surface area contributed by atoms with E-state index in [1.807, 2.05) is 12.1 Å². The number of halogens is 2. The summed E-state index contributed by atoms with van der Waals surface area (Å²) in [5.41, 5.74) is 1.30. The summed E-state index contributed by atoms with van der Waals surface area (Å²) < 4.78 is 14.3. The van der Waals surface area contributed by atoms with Crippen molar-refractivity contribution >= 4 is 39.1 Å². The first-order valence-electron chi connectivity index (χ1n) is 7.19. The molecule has 0 N–H and O–H groups in total. The molecule has 120 valence electrons.